The highest BCUT2D eigenvalue weighted by atomic mass is 32.2. The number of rotatable bonds is 21. The highest BCUT2D eigenvalue weighted by Gasteiger charge is 2.27. The number of sulfonamides is 2. The van der Waals surface area contributed by atoms with Crippen LogP contribution in [0.25, 0.3) is 6.08 Å². The summed E-state index contributed by atoms with van der Waals surface area (Å²) in [5.41, 5.74) is 6.96. The molecule has 2 aromatic heterocycles. The smallest absolute Gasteiger partial charge is 0.225 e. The molecule has 0 radical (unpaired) electrons. The number of benzene rings is 2. The number of aromatic nitrogens is 4. The van der Waals surface area contributed by atoms with Crippen LogP contribution in [0.4, 0.5) is 11.9 Å². The Morgan fingerprint density at radius 3 is 1.42 bits per heavy atom. The molecule has 20 heteroatoms. The number of nitrogens with zero attached hydrogens (tertiary/aromatic N) is 10. The van der Waals surface area contributed by atoms with Crippen LogP contribution in [-0.4, -0.2) is 186 Å². The van der Waals surface area contributed by atoms with Crippen LogP contribution in [0.1, 0.15) is 94.2 Å². The highest BCUT2D eigenvalue weighted by Crippen LogP contribution is 2.30. The van der Waals surface area contributed by atoms with Gasteiger partial charge in [0.05, 0.1) is 19.1 Å². The zero-order valence-corrected chi connectivity index (χ0v) is 46.2. The molecule has 0 unspecified atom stereocenters. The number of anilines is 2. The number of methoxy groups -OCH3 is 2. The lowest BCUT2D eigenvalue weighted by Gasteiger charge is -2.33. The molecule has 6 heterocycles. The van der Waals surface area contributed by atoms with Crippen molar-refractivity contribution in [3.8, 4) is 11.5 Å². The minimum absolute atomic E-state index is 0. The topological polar surface area (TPSA) is 176 Å². The molecule has 0 saturated carbocycles. The second kappa shape index (κ2) is 30.4. The predicted octanol–water partition coefficient (Wildman–Crippen LogP) is 6.84. The molecule has 0 atom stereocenters. The van der Waals surface area contributed by atoms with Gasteiger partial charge in [0.1, 0.15) is 23.7 Å². The average Bonchev–Trinajstić information content (AvgIpc) is 3.40. The molecule has 2 aromatic carbocycles. The van der Waals surface area contributed by atoms with Crippen molar-refractivity contribution in [1.29, 1.82) is 0 Å². The number of hydrogen-bond donors (Lipinski definition) is 0. The first-order valence-electron chi connectivity index (χ1n) is 26.4. The molecule has 0 amide bonds. The van der Waals surface area contributed by atoms with Gasteiger partial charge in [-0.15, -0.1) is 0 Å². The third-order valence-electron chi connectivity index (χ3n) is 14.2. The summed E-state index contributed by atoms with van der Waals surface area (Å²) >= 11 is 0. The third-order valence-corrected chi connectivity index (χ3v) is 16.8. The Morgan fingerprint density at radius 1 is 0.566 bits per heavy atom. The maximum absolute atomic E-state index is 11.8. The normalized spacial score (nSPS) is 17.9. The monoisotopic (exact) mass is 1090 g/mol. The molecular formula is C56H88N10O8S2. The Balaban J connectivity index is 0.000000274. The summed E-state index contributed by atoms with van der Waals surface area (Å²) in [6.07, 6.45) is 22.0. The summed E-state index contributed by atoms with van der Waals surface area (Å²) in [7, 11) is -2.82. The number of piperidine rings is 2. The summed E-state index contributed by atoms with van der Waals surface area (Å²) < 4.78 is 73.9. The van der Waals surface area contributed by atoms with E-state index in [2.05, 4.69) is 95.9 Å². The average molecular weight is 1090 g/mol. The van der Waals surface area contributed by atoms with Gasteiger partial charge >= 0.3 is 0 Å². The van der Waals surface area contributed by atoms with E-state index < -0.39 is 20.0 Å². The van der Waals surface area contributed by atoms with Crippen LogP contribution in [0, 0.1) is 0 Å². The quantitative estimate of drug-likeness (QED) is 0.0793. The van der Waals surface area contributed by atoms with E-state index in [1.165, 1.54) is 29.2 Å². The fourth-order valence-corrected chi connectivity index (χ4v) is 11.4. The van der Waals surface area contributed by atoms with Crippen molar-refractivity contribution in [3.05, 3.63) is 101 Å². The van der Waals surface area contributed by atoms with Crippen molar-refractivity contribution in [2.24, 2.45) is 0 Å². The van der Waals surface area contributed by atoms with Gasteiger partial charge in [-0.1, -0.05) is 59.1 Å². The SMILES string of the molecule is C.C.CCc1cnc(N2CCC(Oc3ccc(CN4CCN(S(C)(=O)=O)CC4)cc3/C=C/COC)CC2)nc1.CCc1cnc(N2CCC(Oc3ccc(CN4CCN(S(C)(=O)=O)CC4)cc3CCCOC)CC2)nc1. The van der Waals surface area contributed by atoms with Gasteiger partial charge in [0, 0.05) is 168 Å². The molecule has 0 bridgehead atoms. The van der Waals surface area contributed by atoms with Crippen molar-refractivity contribution in [1.82, 2.24) is 38.3 Å². The Morgan fingerprint density at radius 2 is 1.00 bits per heavy atom. The highest BCUT2D eigenvalue weighted by molar-refractivity contribution is 7.88. The first-order chi connectivity index (χ1) is 35.7. The van der Waals surface area contributed by atoms with Crippen LogP contribution >= 0.6 is 0 Å². The largest absolute Gasteiger partial charge is 0.490 e. The second-order valence-electron chi connectivity index (χ2n) is 19.7. The van der Waals surface area contributed by atoms with Gasteiger partial charge < -0.3 is 28.7 Å². The summed E-state index contributed by atoms with van der Waals surface area (Å²) in [5, 5.41) is 0. The maximum atomic E-state index is 11.8. The lowest BCUT2D eigenvalue weighted by molar-refractivity contribution is 0.167. The Labute approximate surface area is 455 Å². The van der Waals surface area contributed by atoms with Crippen molar-refractivity contribution in [2.45, 2.75) is 105 Å². The van der Waals surface area contributed by atoms with E-state index >= 15 is 0 Å². The molecule has 4 fully saturated rings. The lowest BCUT2D eigenvalue weighted by atomic mass is 10.0. The molecule has 76 heavy (non-hydrogen) atoms. The van der Waals surface area contributed by atoms with Crippen LogP contribution in [-0.2, 0) is 61.9 Å². The van der Waals surface area contributed by atoms with Crippen LogP contribution in [0.2, 0.25) is 0 Å². The van der Waals surface area contributed by atoms with Crippen LogP contribution in [0.5, 0.6) is 11.5 Å². The summed E-state index contributed by atoms with van der Waals surface area (Å²) in [4.78, 5) is 27.2. The van der Waals surface area contributed by atoms with E-state index in [9.17, 15) is 16.8 Å². The molecule has 422 valence electrons. The Kier molecular flexibility index (Phi) is 24.8. The van der Waals surface area contributed by atoms with E-state index in [0.717, 1.165) is 157 Å². The molecule has 0 spiro atoms. The van der Waals surface area contributed by atoms with E-state index in [4.69, 9.17) is 18.9 Å². The van der Waals surface area contributed by atoms with Crippen molar-refractivity contribution < 1.29 is 35.8 Å². The molecule has 4 saturated heterocycles. The van der Waals surface area contributed by atoms with Crippen molar-refractivity contribution in [3.63, 3.8) is 0 Å². The third kappa shape index (κ3) is 18.7. The van der Waals surface area contributed by atoms with Gasteiger partial charge in [0.2, 0.25) is 31.9 Å². The summed E-state index contributed by atoms with van der Waals surface area (Å²) in [5.74, 6) is 3.43. The van der Waals surface area contributed by atoms with Gasteiger partial charge in [0.25, 0.3) is 0 Å². The summed E-state index contributed by atoms with van der Waals surface area (Å²) in [6, 6.07) is 12.9. The van der Waals surface area contributed by atoms with Crippen LogP contribution in [0.15, 0.2) is 67.3 Å². The van der Waals surface area contributed by atoms with E-state index in [1.807, 2.05) is 30.9 Å². The number of piperazine rings is 2. The van der Waals surface area contributed by atoms with E-state index in [1.54, 1.807) is 22.8 Å². The molecule has 4 aliphatic heterocycles. The molecule has 4 aromatic rings. The molecule has 0 N–H and O–H groups in total. The zero-order chi connectivity index (χ0) is 52.5. The Hall–Kier alpha value is -4.80. The van der Waals surface area contributed by atoms with Gasteiger partial charge in [-0.3, -0.25) is 9.80 Å². The summed E-state index contributed by atoms with van der Waals surface area (Å²) in [6.45, 7) is 15.6. The van der Waals surface area contributed by atoms with Crippen molar-refractivity contribution >= 4 is 38.0 Å². The van der Waals surface area contributed by atoms with Gasteiger partial charge in [0.15, 0.2) is 0 Å². The first kappa shape index (κ1) is 62.0. The van der Waals surface area contributed by atoms with Crippen LogP contribution in [0.3, 0.4) is 0 Å². The minimum atomic E-state index is -3.12. The molecule has 4 aliphatic rings. The fourth-order valence-electron chi connectivity index (χ4n) is 9.70. The van der Waals surface area contributed by atoms with Crippen LogP contribution < -0.4 is 19.3 Å². The zero-order valence-electron chi connectivity index (χ0n) is 44.6. The Bertz CT molecular complexity index is 2600. The predicted molar refractivity (Wildman–Crippen MR) is 305 cm³/mol. The van der Waals surface area contributed by atoms with E-state index in [-0.39, 0.29) is 27.1 Å². The second-order valence-corrected chi connectivity index (χ2v) is 23.7. The standard InChI is InChI=1S/C27H41N5O4S.C27H39N5O4S.2CH4/c2*1-4-22-19-28-27(29-20-22)31-11-9-25(10-12-31)36-26-8-7-23(18-24(26)6-5-17-35-2)21-30-13-15-32(16-14-30)37(3,33)34;;/h7-8,18-20,25H,4-6,9-17,21H2,1-3H3;5-8,18-20,25H,4,9-17,21H2,1-3H3;2*1H4/b;6-5+;;. The number of ether oxygens (including phenoxy) is 4. The molecular weight excluding hydrogens is 1000 g/mol. The molecule has 8 rings (SSSR count). The minimum Gasteiger partial charge on any atom is -0.490 e. The van der Waals surface area contributed by atoms with Gasteiger partial charge in [-0.25, -0.2) is 36.8 Å². The molecule has 18 nitrogen and oxygen atoms in total. The molecule has 0 aliphatic carbocycles. The fraction of sp³-hybridized carbons (Fsp3) is 0.607. The van der Waals surface area contributed by atoms with Gasteiger partial charge in [-0.2, -0.15) is 8.61 Å². The maximum Gasteiger partial charge on any atom is 0.225 e. The first-order valence-corrected chi connectivity index (χ1v) is 30.1. The number of hydrogen-bond acceptors (Lipinski definition) is 16. The van der Waals surface area contributed by atoms with Crippen molar-refractivity contribution in [2.75, 3.05) is 128 Å². The van der Waals surface area contributed by atoms with E-state index in [0.29, 0.717) is 39.4 Å². The van der Waals surface area contributed by atoms with Gasteiger partial charge in [-0.05, 0) is 71.7 Å². The number of aryl methyl sites for hydroxylation is 3. The lowest BCUT2D eigenvalue weighted by Crippen LogP contribution is -2.47.